The second-order valence-electron chi connectivity index (χ2n) is 8.52. The normalized spacial score (nSPS) is 14.3. The van der Waals surface area contributed by atoms with E-state index in [1.165, 1.54) is 17.2 Å². The number of aromatic nitrogens is 4. The predicted molar refractivity (Wildman–Crippen MR) is 127 cm³/mol. The summed E-state index contributed by atoms with van der Waals surface area (Å²) in [7, 11) is 3.15. The van der Waals surface area contributed by atoms with Crippen LogP contribution in [0.1, 0.15) is 17.5 Å². The Morgan fingerprint density at radius 1 is 1.12 bits per heavy atom. The zero-order chi connectivity index (χ0) is 23.5. The Balaban J connectivity index is 1.48. The topological polar surface area (TPSA) is 107 Å². The number of fused-ring (bicyclic) bond motifs is 1. The van der Waals surface area contributed by atoms with Gasteiger partial charge in [0.15, 0.2) is 11.2 Å². The SMILES string of the molecule is Cc1cc(CCNCCCn2c(N3CCOCC3)nc3c2c(=O)n(C)c(=O)n3C)ccc1O. The van der Waals surface area contributed by atoms with E-state index in [-0.39, 0.29) is 11.2 Å². The molecule has 0 unspecified atom stereocenters. The molecule has 3 aromatic rings. The maximum Gasteiger partial charge on any atom is 0.332 e. The summed E-state index contributed by atoms with van der Waals surface area (Å²) in [4.78, 5) is 32.2. The van der Waals surface area contributed by atoms with E-state index in [1.54, 1.807) is 13.1 Å². The molecule has 1 saturated heterocycles. The molecular weight excluding hydrogens is 424 g/mol. The van der Waals surface area contributed by atoms with Crippen LogP contribution in [0.25, 0.3) is 11.2 Å². The van der Waals surface area contributed by atoms with E-state index in [0.717, 1.165) is 36.1 Å². The minimum absolute atomic E-state index is 0.319. The predicted octanol–water partition coefficient (Wildman–Crippen LogP) is 0.507. The molecule has 4 rings (SSSR count). The summed E-state index contributed by atoms with van der Waals surface area (Å²) in [6.07, 6.45) is 1.68. The summed E-state index contributed by atoms with van der Waals surface area (Å²) < 4.78 is 10.0. The second-order valence-corrected chi connectivity index (χ2v) is 8.52. The van der Waals surface area contributed by atoms with Gasteiger partial charge in [-0.1, -0.05) is 12.1 Å². The Morgan fingerprint density at radius 2 is 1.88 bits per heavy atom. The largest absolute Gasteiger partial charge is 0.508 e. The van der Waals surface area contributed by atoms with Gasteiger partial charge in [-0.3, -0.25) is 13.9 Å². The van der Waals surface area contributed by atoms with Crippen LogP contribution in [0.4, 0.5) is 5.95 Å². The number of aromatic hydroxyl groups is 1. The van der Waals surface area contributed by atoms with Gasteiger partial charge in [0, 0.05) is 33.7 Å². The summed E-state index contributed by atoms with van der Waals surface area (Å²) in [5.74, 6) is 1.03. The van der Waals surface area contributed by atoms with Crippen molar-refractivity contribution in [3.8, 4) is 5.75 Å². The van der Waals surface area contributed by atoms with Gasteiger partial charge in [-0.15, -0.1) is 0 Å². The minimum atomic E-state index is -0.378. The van der Waals surface area contributed by atoms with Gasteiger partial charge in [-0.2, -0.15) is 4.98 Å². The van der Waals surface area contributed by atoms with Gasteiger partial charge >= 0.3 is 5.69 Å². The average molecular weight is 457 g/mol. The number of rotatable bonds is 8. The van der Waals surface area contributed by atoms with Crippen molar-refractivity contribution in [3.63, 3.8) is 0 Å². The monoisotopic (exact) mass is 456 g/mol. The van der Waals surface area contributed by atoms with E-state index in [1.807, 2.05) is 23.6 Å². The number of hydrogen-bond donors (Lipinski definition) is 2. The smallest absolute Gasteiger partial charge is 0.332 e. The van der Waals surface area contributed by atoms with Crippen molar-refractivity contribution in [1.29, 1.82) is 0 Å². The Kier molecular flexibility index (Phi) is 6.85. The van der Waals surface area contributed by atoms with Crippen LogP contribution < -0.4 is 21.5 Å². The first-order chi connectivity index (χ1) is 15.9. The summed E-state index contributed by atoms with van der Waals surface area (Å²) in [5.41, 5.74) is 2.23. The Bertz CT molecular complexity index is 1250. The van der Waals surface area contributed by atoms with Crippen LogP contribution in [0.2, 0.25) is 0 Å². The Labute approximate surface area is 192 Å². The van der Waals surface area contributed by atoms with Crippen LogP contribution in [0, 0.1) is 6.92 Å². The lowest BCUT2D eigenvalue weighted by Crippen LogP contribution is -2.39. The number of hydrogen-bond acceptors (Lipinski definition) is 7. The quantitative estimate of drug-likeness (QED) is 0.476. The molecule has 0 atom stereocenters. The van der Waals surface area contributed by atoms with Crippen molar-refractivity contribution in [3.05, 3.63) is 50.2 Å². The molecule has 0 bridgehead atoms. The summed E-state index contributed by atoms with van der Waals surface area (Å²) >= 11 is 0. The molecule has 33 heavy (non-hydrogen) atoms. The van der Waals surface area contributed by atoms with E-state index in [9.17, 15) is 14.7 Å². The first kappa shape index (κ1) is 23.1. The zero-order valence-corrected chi connectivity index (χ0v) is 19.5. The molecule has 0 saturated carbocycles. The van der Waals surface area contributed by atoms with Gasteiger partial charge in [-0.05, 0) is 50.0 Å². The third kappa shape index (κ3) is 4.67. The van der Waals surface area contributed by atoms with Crippen molar-refractivity contribution >= 4 is 17.1 Å². The fraction of sp³-hybridized carbons (Fsp3) is 0.522. The third-order valence-electron chi connectivity index (χ3n) is 6.21. The van der Waals surface area contributed by atoms with Crippen LogP contribution in [-0.4, -0.2) is 63.2 Å². The third-order valence-corrected chi connectivity index (χ3v) is 6.21. The van der Waals surface area contributed by atoms with Gasteiger partial charge in [0.2, 0.25) is 5.95 Å². The van der Waals surface area contributed by atoms with Gasteiger partial charge < -0.3 is 24.6 Å². The molecule has 1 aliphatic heterocycles. The van der Waals surface area contributed by atoms with Crippen molar-refractivity contribution in [2.75, 3.05) is 44.3 Å². The maximum atomic E-state index is 13.0. The number of phenols is 1. The van der Waals surface area contributed by atoms with Crippen LogP contribution in [0.5, 0.6) is 5.75 Å². The van der Waals surface area contributed by atoms with Gasteiger partial charge in [0.05, 0.1) is 13.2 Å². The van der Waals surface area contributed by atoms with Gasteiger partial charge in [-0.25, -0.2) is 4.79 Å². The highest BCUT2D eigenvalue weighted by atomic mass is 16.5. The molecule has 178 valence electrons. The number of benzene rings is 1. The second kappa shape index (κ2) is 9.80. The minimum Gasteiger partial charge on any atom is -0.508 e. The molecule has 1 aliphatic rings. The van der Waals surface area contributed by atoms with Gasteiger partial charge in [0.1, 0.15) is 5.75 Å². The molecule has 2 aromatic heterocycles. The highest BCUT2D eigenvalue weighted by molar-refractivity contribution is 5.74. The van der Waals surface area contributed by atoms with E-state index in [0.29, 0.717) is 55.7 Å². The molecule has 1 fully saturated rings. The molecule has 2 N–H and O–H groups in total. The van der Waals surface area contributed by atoms with Crippen molar-refractivity contribution < 1.29 is 9.84 Å². The maximum absolute atomic E-state index is 13.0. The highest BCUT2D eigenvalue weighted by Gasteiger charge is 2.23. The van der Waals surface area contributed by atoms with E-state index >= 15 is 0 Å². The molecule has 3 heterocycles. The molecule has 0 aliphatic carbocycles. The summed E-state index contributed by atoms with van der Waals surface area (Å²) in [5, 5.41) is 13.1. The summed E-state index contributed by atoms with van der Waals surface area (Å²) in [6.45, 7) is 6.73. The average Bonchev–Trinajstić information content (AvgIpc) is 3.21. The highest BCUT2D eigenvalue weighted by Crippen LogP contribution is 2.21. The standard InChI is InChI=1S/C23H32N6O4/c1-16-15-17(5-6-18(16)30)7-9-24-8-4-10-29-19-20(26(2)23(32)27(3)21(19)31)25-22(29)28-11-13-33-14-12-28/h5-6,15,24,30H,4,7-14H2,1-3H3. The number of aryl methyl sites for hydroxylation is 3. The molecule has 0 spiro atoms. The van der Waals surface area contributed by atoms with Crippen LogP contribution in [-0.2, 0) is 31.8 Å². The first-order valence-corrected chi connectivity index (χ1v) is 11.4. The Morgan fingerprint density at radius 3 is 2.61 bits per heavy atom. The van der Waals surface area contributed by atoms with E-state index in [2.05, 4.69) is 10.2 Å². The van der Waals surface area contributed by atoms with Crippen molar-refractivity contribution in [2.24, 2.45) is 14.1 Å². The molecule has 10 heteroatoms. The van der Waals surface area contributed by atoms with Crippen molar-refractivity contribution in [1.82, 2.24) is 24.0 Å². The van der Waals surface area contributed by atoms with Crippen molar-refractivity contribution in [2.45, 2.75) is 26.3 Å². The number of nitrogens with one attached hydrogen (secondary N) is 1. The fourth-order valence-corrected chi connectivity index (χ4v) is 4.24. The number of nitrogens with zero attached hydrogens (tertiary/aromatic N) is 5. The van der Waals surface area contributed by atoms with E-state index < -0.39 is 0 Å². The number of morpholine rings is 1. The molecule has 10 nitrogen and oxygen atoms in total. The number of ether oxygens (including phenoxy) is 1. The Hall–Kier alpha value is -3.11. The zero-order valence-electron chi connectivity index (χ0n) is 19.5. The van der Waals surface area contributed by atoms with Crippen LogP contribution >= 0.6 is 0 Å². The number of phenolic OH excluding ortho intramolecular Hbond substituents is 1. The molecule has 0 amide bonds. The number of anilines is 1. The lowest BCUT2D eigenvalue weighted by atomic mass is 10.1. The molecule has 0 radical (unpaired) electrons. The molecule has 1 aromatic carbocycles. The molecular formula is C23H32N6O4. The summed E-state index contributed by atoms with van der Waals surface area (Å²) in [6, 6.07) is 5.68. The lowest BCUT2D eigenvalue weighted by Gasteiger charge is -2.28. The fourth-order valence-electron chi connectivity index (χ4n) is 4.24. The van der Waals surface area contributed by atoms with Gasteiger partial charge in [0.25, 0.3) is 5.56 Å². The lowest BCUT2D eigenvalue weighted by molar-refractivity contribution is 0.121. The first-order valence-electron chi connectivity index (χ1n) is 11.4. The number of imidazole rings is 1. The van der Waals surface area contributed by atoms with Crippen LogP contribution in [0.3, 0.4) is 0 Å². The van der Waals surface area contributed by atoms with Crippen LogP contribution in [0.15, 0.2) is 27.8 Å². The van der Waals surface area contributed by atoms with E-state index in [4.69, 9.17) is 9.72 Å².